The van der Waals surface area contributed by atoms with E-state index in [0.29, 0.717) is 6.42 Å². The van der Waals surface area contributed by atoms with E-state index in [1.165, 1.54) is 0 Å². The molecule has 11 heavy (non-hydrogen) atoms. The molecule has 2 nitrogen and oxygen atoms in total. The van der Waals surface area contributed by atoms with Crippen molar-refractivity contribution in [2.75, 3.05) is 0 Å². The number of carboxylic acids is 1. The van der Waals surface area contributed by atoms with Gasteiger partial charge in [0.05, 0.1) is 0 Å². The van der Waals surface area contributed by atoms with Crippen molar-refractivity contribution >= 4 is 5.97 Å². The Kier molecular flexibility index (Phi) is 10.1. The van der Waals surface area contributed by atoms with E-state index in [1.807, 2.05) is 6.92 Å². The second-order valence-corrected chi connectivity index (χ2v) is 2.21. The Balaban J connectivity index is 0. The van der Waals surface area contributed by atoms with Gasteiger partial charge >= 0.3 is 29.6 Å². The number of aliphatic carboxylic acids is 1. The van der Waals surface area contributed by atoms with Crippen LogP contribution in [0.3, 0.4) is 0 Å². The molecule has 0 aliphatic heterocycles. The van der Waals surface area contributed by atoms with Crippen LogP contribution in [0.5, 0.6) is 0 Å². The first-order valence-electron chi connectivity index (χ1n) is 3.36. The first-order chi connectivity index (χ1) is 4.72. The van der Waals surface area contributed by atoms with Crippen LogP contribution < -0.4 is 34.7 Å². The normalized spacial score (nSPS) is 10.9. The van der Waals surface area contributed by atoms with Crippen LogP contribution in [0.2, 0.25) is 0 Å². The summed E-state index contributed by atoms with van der Waals surface area (Å²) in [6.07, 6.45) is 6.70. The van der Waals surface area contributed by atoms with Crippen LogP contribution in [0.15, 0.2) is 0 Å². The Morgan fingerprint density at radius 3 is 2.55 bits per heavy atom. The minimum absolute atomic E-state index is 0. The van der Waals surface area contributed by atoms with Gasteiger partial charge in [0, 0.05) is 18.3 Å². The van der Waals surface area contributed by atoms with Gasteiger partial charge in [-0.3, -0.25) is 0 Å². The molecule has 1 unspecified atom stereocenters. The minimum atomic E-state index is -1.03. The molecule has 0 aromatic carbocycles. The van der Waals surface area contributed by atoms with Gasteiger partial charge in [-0.25, -0.2) is 0 Å². The molecule has 0 rings (SSSR count). The monoisotopic (exact) mass is 162 g/mol. The molecule has 0 saturated heterocycles. The molecule has 1 atom stereocenters. The van der Waals surface area contributed by atoms with Gasteiger partial charge in [0.15, 0.2) is 0 Å². The number of hydrogen-bond donors (Lipinski definition) is 0. The van der Waals surface area contributed by atoms with Crippen molar-refractivity contribution in [2.45, 2.75) is 26.2 Å². The quantitative estimate of drug-likeness (QED) is 0.330. The van der Waals surface area contributed by atoms with Crippen molar-refractivity contribution in [3.8, 4) is 12.3 Å². The summed E-state index contributed by atoms with van der Waals surface area (Å²) in [6.45, 7) is 1.92. The summed E-state index contributed by atoms with van der Waals surface area (Å²) in [5, 5.41) is 10.3. The van der Waals surface area contributed by atoms with Crippen molar-refractivity contribution in [2.24, 2.45) is 5.92 Å². The predicted molar refractivity (Wildman–Crippen MR) is 36.9 cm³/mol. The van der Waals surface area contributed by atoms with E-state index in [-0.39, 0.29) is 36.0 Å². The van der Waals surface area contributed by atoms with Crippen molar-refractivity contribution in [3.05, 3.63) is 0 Å². The van der Waals surface area contributed by atoms with Crippen molar-refractivity contribution in [1.82, 2.24) is 0 Å². The fourth-order valence-corrected chi connectivity index (χ4v) is 0.794. The fraction of sp³-hybridized carbons (Fsp3) is 0.625. The molecule has 0 radical (unpaired) electrons. The van der Waals surface area contributed by atoms with Crippen LogP contribution in [-0.2, 0) is 4.79 Å². The van der Waals surface area contributed by atoms with Crippen LogP contribution in [0, 0.1) is 18.3 Å². The first-order valence-corrected chi connectivity index (χ1v) is 3.36. The van der Waals surface area contributed by atoms with Crippen molar-refractivity contribution < 1.29 is 39.5 Å². The number of carbonyl (C=O) groups excluding carboxylic acids is 1. The van der Waals surface area contributed by atoms with Crippen LogP contribution in [-0.4, -0.2) is 5.97 Å². The molecule has 0 heterocycles. The summed E-state index contributed by atoms with van der Waals surface area (Å²) in [5.41, 5.74) is 0. The molecular formula is C8H11NaO2. The molecule has 0 aliphatic rings. The third-order valence-corrected chi connectivity index (χ3v) is 1.33. The summed E-state index contributed by atoms with van der Waals surface area (Å²) in [6, 6.07) is 0. The zero-order valence-electron chi connectivity index (χ0n) is 7.09. The molecule has 0 bridgehead atoms. The third-order valence-electron chi connectivity index (χ3n) is 1.33. The summed E-state index contributed by atoms with van der Waals surface area (Å²) in [7, 11) is 0. The SMILES string of the molecule is C#CCC(CCC)C(=O)[O-].[Na+]. The molecule has 0 spiro atoms. The summed E-state index contributed by atoms with van der Waals surface area (Å²) in [4.78, 5) is 10.3. The average molecular weight is 162 g/mol. The van der Waals surface area contributed by atoms with Crippen LogP contribution >= 0.6 is 0 Å². The molecule has 0 fully saturated rings. The predicted octanol–water partition coefficient (Wildman–Crippen LogP) is -2.82. The maximum absolute atomic E-state index is 10.3. The Morgan fingerprint density at radius 2 is 2.27 bits per heavy atom. The van der Waals surface area contributed by atoms with Gasteiger partial charge in [-0.1, -0.05) is 13.3 Å². The molecule has 0 N–H and O–H groups in total. The smallest absolute Gasteiger partial charge is 0.550 e. The van der Waals surface area contributed by atoms with E-state index >= 15 is 0 Å². The van der Waals surface area contributed by atoms with Crippen molar-refractivity contribution in [3.63, 3.8) is 0 Å². The van der Waals surface area contributed by atoms with Gasteiger partial charge in [0.25, 0.3) is 0 Å². The number of carbonyl (C=O) groups is 1. The van der Waals surface area contributed by atoms with E-state index < -0.39 is 11.9 Å². The number of rotatable bonds is 4. The van der Waals surface area contributed by atoms with Crippen LogP contribution in [0.25, 0.3) is 0 Å². The van der Waals surface area contributed by atoms with Crippen molar-refractivity contribution in [1.29, 1.82) is 0 Å². The largest absolute Gasteiger partial charge is 1.00 e. The topological polar surface area (TPSA) is 40.1 Å². The maximum atomic E-state index is 10.3. The zero-order valence-corrected chi connectivity index (χ0v) is 9.09. The maximum Gasteiger partial charge on any atom is 1.00 e. The van der Waals surface area contributed by atoms with E-state index in [1.54, 1.807) is 0 Å². The average Bonchev–Trinajstić information content (AvgIpc) is 1.87. The van der Waals surface area contributed by atoms with Gasteiger partial charge < -0.3 is 9.90 Å². The first kappa shape index (κ1) is 13.6. The van der Waals surface area contributed by atoms with Gasteiger partial charge in [-0.2, -0.15) is 0 Å². The molecule has 3 heteroatoms. The van der Waals surface area contributed by atoms with Gasteiger partial charge in [0.1, 0.15) is 0 Å². The fourth-order valence-electron chi connectivity index (χ4n) is 0.794. The second-order valence-electron chi connectivity index (χ2n) is 2.21. The third kappa shape index (κ3) is 6.43. The van der Waals surface area contributed by atoms with Crippen LogP contribution in [0.1, 0.15) is 26.2 Å². The van der Waals surface area contributed by atoms with E-state index in [4.69, 9.17) is 6.42 Å². The zero-order chi connectivity index (χ0) is 7.98. The Labute approximate surface area is 89.7 Å². The summed E-state index contributed by atoms with van der Waals surface area (Å²) < 4.78 is 0. The van der Waals surface area contributed by atoms with E-state index in [2.05, 4.69) is 5.92 Å². The molecule has 56 valence electrons. The Bertz CT molecular complexity index is 149. The standard InChI is InChI=1S/C8H12O2.Na/c1-3-5-7(6-4-2)8(9)10;/h1,7H,4-6H2,2H3,(H,9,10);/q;+1/p-1. The number of carboxylic acid groups (broad SMARTS) is 1. The van der Waals surface area contributed by atoms with Gasteiger partial charge in [-0.15, -0.1) is 12.3 Å². The van der Waals surface area contributed by atoms with E-state index in [9.17, 15) is 9.90 Å². The molecule has 0 saturated carbocycles. The molecule has 0 amide bonds. The Morgan fingerprint density at radius 1 is 1.73 bits per heavy atom. The van der Waals surface area contributed by atoms with E-state index in [0.717, 1.165) is 6.42 Å². The molecule has 0 aromatic rings. The van der Waals surface area contributed by atoms with Crippen LogP contribution in [0.4, 0.5) is 0 Å². The molecule has 0 aliphatic carbocycles. The second kappa shape index (κ2) is 8.13. The number of terminal acetylenes is 1. The van der Waals surface area contributed by atoms with Gasteiger partial charge in [0.2, 0.25) is 0 Å². The minimum Gasteiger partial charge on any atom is -0.550 e. The summed E-state index contributed by atoms with van der Waals surface area (Å²) in [5.74, 6) is 0.836. The number of hydrogen-bond acceptors (Lipinski definition) is 2. The Hall–Kier alpha value is 0.0300. The van der Waals surface area contributed by atoms with Gasteiger partial charge in [-0.05, 0) is 6.42 Å². The molecule has 0 aromatic heterocycles. The summed E-state index contributed by atoms with van der Waals surface area (Å²) >= 11 is 0. The molecular weight excluding hydrogens is 151 g/mol.